The van der Waals surface area contributed by atoms with Gasteiger partial charge >= 0.3 is 5.97 Å². The van der Waals surface area contributed by atoms with Gasteiger partial charge in [0.25, 0.3) is 0 Å². The molecule has 0 aromatic heterocycles. The van der Waals surface area contributed by atoms with Crippen molar-refractivity contribution in [1.82, 2.24) is 5.32 Å². The number of benzene rings is 3. The van der Waals surface area contributed by atoms with Crippen LogP contribution in [0.25, 0.3) is 0 Å². The summed E-state index contributed by atoms with van der Waals surface area (Å²) < 4.78 is 12.9. The number of anilines is 1. The molecule has 2 fully saturated rings. The number of fused-ring (bicyclic) bond motifs is 6. The van der Waals surface area contributed by atoms with E-state index in [0.29, 0.717) is 12.0 Å². The van der Waals surface area contributed by atoms with Crippen molar-refractivity contribution in [3.8, 4) is 11.5 Å². The Bertz CT molecular complexity index is 1260. The minimum atomic E-state index is -1.03. The average molecular weight is 467 g/mol. The smallest absolute Gasteiger partial charge is 0.340 e. The molecule has 7 rings (SSSR count). The third-order valence-corrected chi connectivity index (χ3v) is 8.26. The van der Waals surface area contributed by atoms with E-state index in [1.807, 2.05) is 48.5 Å². The van der Waals surface area contributed by atoms with Gasteiger partial charge in [0.05, 0.1) is 5.56 Å². The second-order valence-electron chi connectivity index (χ2n) is 10.3. The lowest BCUT2D eigenvalue weighted by Crippen LogP contribution is -2.34. The Labute approximate surface area is 205 Å². The third-order valence-electron chi connectivity index (χ3n) is 8.26. The molecule has 5 nitrogen and oxygen atoms in total. The van der Waals surface area contributed by atoms with E-state index < -0.39 is 5.60 Å². The average Bonchev–Trinajstić information content (AvgIpc) is 3.53. The minimum absolute atomic E-state index is 0.235. The number of carbonyl (C=O) groups is 1. The predicted octanol–water partition coefficient (Wildman–Crippen LogP) is 6.08. The van der Waals surface area contributed by atoms with Crippen molar-refractivity contribution >= 4 is 11.7 Å². The highest BCUT2D eigenvalue weighted by Gasteiger charge is 2.56. The summed E-state index contributed by atoms with van der Waals surface area (Å²) in [5, 5.41) is 7.34. The Balaban J connectivity index is 1.51. The van der Waals surface area contributed by atoms with Gasteiger partial charge in [-0.3, -0.25) is 0 Å². The second-order valence-corrected chi connectivity index (χ2v) is 10.3. The van der Waals surface area contributed by atoms with Crippen LogP contribution >= 0.6 is 0 Å². The summed E-state index contributed by atoms with van der Waals surface area (Å²) in [7, 11) is 0. The van der Waals surface area contributed by atoms with Crippen molar-refractivity contribution in [3.05, 3.63) is 88.5 Å². The summed E-state index contributed by atoms with van der Waals surface area (Å²) in [4.78, 5) is 13.9. The number of rotatable bonds is 3. The molecule has 0 amide bonds. The number of carbonyl (C=O) groups excluding carboxylic acids is 1. The van der Waals surface area contributed by atoms with E-state index in [1.54, 1.807) is 0 Å². The first-order chi connectivity index (χ1) is 17.3. The number of esters is 1. The van der Waals surface area contributed by atoms with Crippen LogP contribution in [0.4, 0.5) is 5.69 Å². The van der Waals surface area contributed by atoms with Crippen LogP contribution in [0.15, 0.2) is 60.7 Å². The number of nitrogens with one attached hydrogen (secondary N) is 2. The SMILES string of the molecule is O=C1OC2(c3ccccc3Oc3ccccc32)c2c(NC3CCCCC3)ccc(C3CCNC3)c21. The van der Waals surface area contributed by atoms with Gasteiger partial charge in [-0.2, -0.15) is 0 Å². The summed E-state index contributed by atoms with van der Waals surface area (Å²) in [5.41, 5.74) is 4.56. The second kappa shape index (κ2) is 8.13. The zero-order valence-electron chi connectivity index (χ0n) is 19.8. The van der Waals surface area contributed by atoms with Gasteiger partial charge in [0, 0.05) is 35.0 Å². The fourth-order valence-corrected chi connectivity index (χ4v) is 6.63. The molecule has 1 aliphatic carbocycles. The first kappa shape index (κ1) is 21.0. The van der Waals surface area contributed by atoms with Crippen LogP contribution in [0.3, 0.4) is 0 Å². The highest BCUT2D eigenvalue weighted by molar-refractivity contribution is 6.01. The molecular weight excluding hydrogens is 436 g/mol. The maximum absolute atomic E-state index is 13.9. The summed E-state index contributed by atoms with van der Waals surface area (Å²) in [6.07, 6.45) is 7.12. The summed E-state index contributed by atoms with van der Waals surface area (Å²) in [6.45, 7) is 1.86. The highest BCUT2D eigenvalue weighted by atomic mass is 16.6. The third kappa shape index (κ3) is 3.14. The number of ether oxygens (including phenoxy) is 2. The maximum Gasteiger partial charge on any atom is 0.340 e. The first-order valence-electron chi connectivity index (χ1n) is 13.0. The van der Waals surface area contributed by atoms with Gasteiger partial charge in [0.15, 0.2) is 5.60 Å². The zero-order chi connectivity index (χ0) is 23.4. The molecule has 3 heterocycles. The molecule has 0 bridgehead atoms. The van der Waals surface area contributed by atoms with Crippen LogP contribution in [-0.4, -0.2) is 25.1 Å². The Hall–Kier alpha value is -3.31. The Kier molecular flexibility index (Phi) is 4.88. The van der Waals surface area contributed by atoms with E-state index in [2.05, 4.69) is 22.8 Å². The zero-order valence-corrected chi connectivity index (χ0v) is 19.8. The van der Waals surface area contributed by atoms with Gasteiger partial charge in [0.1, 0.15) is 11.5 Å². The van der Waals surface area contributed by atoms with Crippen LogP contribution < -0.4 is 15.4 Å². The molecule has 1 spiro atoms. The lowest BCUT2D eigenvalue weighted by atomic mass is 9.75. The fourth-order valence-electron chi connectivity index (χ4n) is 6.63. The van der Waals surface area contributed by atoms with E-state index in [9.17, 15) is 4.79 Å². The van der Waals surface area contributed by atoms with Crippen LogP contribution in [0.1, 0.15) is 77.1 Å². The largest absolute Gasteiger partial charge is 0.456 e. The molecule has 3 aromatic rings. The molecule has 5 heteroatoms. The monoisotopic (exact) mass is 466 g/mol. The molecular formula is C30H30N2O3. The Morgan fingerprint density at radius 3 is 2.26 bits per heavy atom. The topological polar surface area (TPSA) is 59.6 Å². The van der Waals surface area contributed by atoms with Crippen molar-refractivity contribution < 1.29 is 14.3 Å². The quantitative estimate of drug-likeness (QED) is 0.459. The van der Waals surface area contributed by atoms with Gasteiger partial charge in [-0.1, -0.05) is 61.7 Å². The lowest BCUT2D eigenvalue weighted by Gasteiger charge is -2.38. The van der Waals surface area contributed by atoms with Crippen molar-refractivity contribution in [1.29, 1.82) is 0 Å². The van der Waals surface area contributed by atoms with Gasteiger partial charge in [-0.15, -0.1) is 0 Å². The molecule has 1 atom stereocenters. The number of hydrogen-bond acceptors (Lipinski definition) is 5. The van der Waals surface area contributed by atoms with Crippen LogP contribution in [0, 0.1) is 0 Å². The van der Waals surface area contributed by atoms with Gasteiger partial charge in [-0.25, -0.2) is 4.79 Å². The predicted molar refractivity (Wildman–Crippen MR) is 135 cm³/mol. The van der Waals surface area contributed by atoms with Crippen LogP contribution in [0.5, 0.6) is 11.5 Å². The number of hydrogen-bond donors (Lipinski definition) is 2. The molecule has 35 heavy (non-hydrogen) atoms. The maximum atomic E-state index is 13.9. The van der Waals surface area contributed by atoms with Crippen molar-refractivity contribution in [2.75, 3.05) is 18.4 Å². The summed E-state index contributed by atoms with van der Waals surface area (Å²) >= 11 is 0. The van der Waals surface area contributed by atoms with E-state index in [1.165, 1.54) is 19.3 Å². The molecule has 0 radical (unpaired) electrons. The molecule has 178 valence electrons. The molecule has 4 aliphatic rings. The summed E-state index contributed by atoms with van der Waals surface area (Å²) in [6, 6.07) is 20.7. The van der Waals surface area contributed by atoms with E-state index in [4.69, 9.17) is 9.47 Å². The molecule has 3 aromatic carbocycles. The van der Waals surface area contributed by atoms with Gasteiger partial charge in [0.2, 0.25) is 0 Å². The van der Waals surface area contributed by atoms with Gasteiger partial charge in [-0.05, 0) is 55.5 Å². The molecule has 1 saturated carbocycles. The Morgan fingerprint density at radius 1 is 0.857 bits per heavy atom. The Morgan fingerprint density at radius 2 is 1.57 bits per heavy atom. The molecule has 2 N–H and O–H groups in total. The lowest BCUT2D eigenvalue weighted by molar-refractivity contribution is 0.0225. The van der Waals surface area contributed by atoms with Crippen molar-refractivity contribution in [2.24, 2.45) is 0 Å². The van der Waals surface area contributed by atoms with Crippen molar-refractivity contribution in [2.45, 2.75) is 56.1 Å². The first-order valence-corrected chi connectivity index (χ1v) is 13.0. The van der Waals surface area contributed by atoms with Crippen LogP contribution in [0.2, 0.25) is 0 Å². The minimum Gasteiger partial charge on any atom is -0.456 e. The molecule has 3 aliphatic heterocycles. The normalized spacial score (nSPS) is 22.2. The van der Waals surface area contributed by atoms with E-state index in [0.717, 1.165) is 77.4 Å². The van der Waals surface area contributed by atoms with E-state index >= 15 is 0 Å². The fraction of sp³-hybridized carbons (Fsp3) is 0.367. The van der Waals surface area contributed by atoms with Crippen LogP contribution in [-0.2, 0) is 10.3 Å². The standard InChI is InChI=1S/C30H30N2O3/c33-29-27-21(19-16-17-31-18-19)14-15-24(32-20-8-2-1-3-9-20)28(27)30(35-29)22-10-4-6-12-25(22)34-26-13-7-5-11-23(26)30/h4-7,10-15,19-20,31-32H,1-3,8-9,16-18H2. The highest BCUT2D eigenvalue weighted by Crippen LogP contribution is 2.58. The van der Waals surface area contributed by atoms with Gasteiger partial charge < -0.3 is 20.1 Å². The van der Waals surface area contributed by atoms with E-state index in [-0.39, 0.29) is 5.97 Å². The molecule has 1 unspecified atom stereocenters. The number of para-hydroxylation sites is 2. The van der Waals surface area contributed by atoms with Crippen molar-refractivity contribution in [3.63, 3.8) is 0 Å². The molecule has 1 saturated heterocycles. The summed E-state index contributed by atoms with van der Waals surface area (Å²) in [5.74, 6) is 1.55.